The zero-order valence-electron chi connectivity index (χ0n) is 10.7. The van der Waals surface area contributed by atoms with E-state index in [-0.39, 0.29) is 17.7 Å². The summed E-state index contributed by atoms with van der Waals surface area (Å²) in [6.45, 7) is 4.99. The summed E-state index contributed by atoms with van der Waals surface area (Å²) < 4.78 is 0. The molecule has 1 saturated carbocycles. The highest BCUT2D eigenvalue weighted by Gasteiger charge is 2.29. The number of nitrogens with one attached hydrogen (secondary N) is 1. The molecule has 4 nitrogen and oxygen atoms in total. The third kappa shape index (κ3) is 4.75. The number of carboxylic acid groups (broad SMARTS) is 1. The first kappa shape index (κ1) is 14.0. The minimum atomic E-state index is -0.719. The Balaban J connectivity index is 2.24. The second-order valence-corrected chi connectivity index (χ2v) is 5.36. The van der Waals surface area contributed by atoms with Gasteiger partial charge in [-0.2, -0.15) is 0 Å². The van der Waals surface area contributed by atoms with Gasteiger partial charge in [0.15, 0.2) is 0 Å². The minimum absolute atomic E-state index is 0.0257. The van der Waals surface area contributed by atoms with Crippen LogP contribution in [0.15, 0.2) is 0 Å². The molecule has 0 aromatic rings. The van der Waals surface area contributed by atoms with Gasteiger partial charge in [-0.3, -0.25) is 9.59 Å². The molecule has 0 spiro atoms. The number of aliphatic carboxylic acids is 1. The van der Waals surface area contributed by atoms with Gasteiger partial charge in [0.25, 0.3) is 0 Å². The molecule has 1 fully saturated rings. The van der Waals surface area contributed by atoms with Gasteiger partial charge in [-0.05, 0) is 38.0 Å². The highest BCUT2D eigenvalue weighted by molar-refractivity contribution is 5.79. The van der Waals surface area contributed by atoms with Gasteiger partial charge < -0.3 is 10.4 Å². The van der Waals surface area contributed by atoms with Crippen molar-refractivity contribution in [1.82, 2.24) is 5.32 Å². The maximum absolute atomic E-state index is 11.8. The van der Waals surface area contributed by atoms with E-state index in [0.29, 0.717) is 31.6 Å². The average molecular weight is 241 g/mol. The summed E-state index contributed by atoms with van der Waals surface area (Å²) in [5.74, 6) is -0.233. The van der Waals surface area contributed by atoms with E-state index in [0.717, 1.165) is 13.0 Å². The first-order chi connectivity index (χ1) is 8.00. The van der Waals surface area contributed by atoms with Crippen molar-refractivity contribution in [1.29, 1.82) is 0 Å². The van der Waals surface area contributed by atoms with E-state index < -0.39 is 5.97 Å². The summed E-state index contributed by atoms with van der Waals surface area (Å²) in [6.07, 6.45) is 3.69. The number of rotatable bonds is 5. The van der Waals surface area contributed by atoms with Gasteiger partial charge in [0.05, 0.1) is 5.92 Å². The summed E-state index contributed by atoms with van der Waals surface area (Å²) in [5, 5.41) is 11.8. The van der Waals surface area contributed by atoms with Crippen molar-refractivity contribution >= 4 is 11.9 Å². The topological polar surface area (TPSA) is 66.4 Å². The van der Waals surface area contributed by atoms with Crippen molar-refractivity contribution in [3.63, 3.8) is 0 Å². The second-order valence-electron chi connectivity index (χ2n) is 5.36. The van der Waals surface area contributed by atoms with Gasteiger partial charge in [-0.1, -0.05) is 13.8 Å². The fourth-order valence-corrected chi connectivity index (χ4v) is 2.23. The van der Waals surface area contributed by atoms with Gasteiger partial charge in [-0.25, -0.2) is 0 Å². The molecule has 0 atom stereocenters. The Bertz CT molecular complexity index is 268. The predicted octanol–water partition coefficient (Wildman–Crippen LogP) is 2.04. The minimum Gasteiger partial charge on any atom is -0.481 e. The van der Waals surface area contributed by atoms with Gasteiger partial charge in [-0.15, -0.1) is 0 Å². The Morgan fingerprint density at radius 2 is 1.71 bits per heavy atom. The smallest absolute Gasteiger partial charge is 0.306 e. The first-order valence-corrected chi connectivity index (χ1v) is 6.51. The van der Waals surface area contributed by atoms with Crippen LogP contribution >= 0.6 is 0 Å². The van der Waals surface area contributed by atoms with Crippen LogP contribution in [0.25, 0.3) is 0 Å². The van der Waals surface area contributed by atoms with Crippen LogP contribution in [0.4, 0.5) is 0 Å². The largest absolute Gasteiger partial charge is 0.481 e. The molecule has 17 heavy (non-hydrogen) atoms. The van der Waals surface area contributed by atoms with Crippen molar-refractivity contribution in [2.24, 2.45) is 17.8 Å². The van der Waals surface area contributed by atoms with E-state index in [1.807, 2.05) is 0 Å². The summed E-state index contributed by atoms with van der Waals surface area (Å²) >= 11 is 0. The van der Waals surface area contributed by atoms with Crippen LogP contribution in [0.2, 0.25) is 0 Å². The number of hydrogen-bond donors (Lipinski definition) is 2. The molecule has 1 aliphatic rings. The number of carbonyl (C=O) groups is 2. The summed E-state index contributed by atoms with van der Waals surface area (Å²) in [5.41, 5.74) is 0. The van der Waals surface area contributed by atoms with Crippen molar-refractivity contribution in [3.05, 3.63) is 0 Å². The molecule has 0 radical (unpaired) electrons. The lowest BCUT2D eigenvalue weighted by molar-refractivity contribution is -0.144. The third-order valence-electron chi connectivity index (χ3n) is 3.47. The molecule has 0 heterocycles. The van der Waals surface area contributed by atoms with Gasteiger partial charge in [0.1, 0.15) is 0 Å². The zero-order valence-corrected chi connectivity index (χ0v) is 10.7. The molecule has 4 heteroatoms. The molecule has 0 unspecified atom stereocenters. The molecule has 0 saturated heterocycles. The maximum Gasteiger partial charge on any atom is 0.306 e. The number of carboxylic acids is 1. The van der Waals surface area contributed by atoms with Crippen LogP contribution in [0.1, 0.15) is 46.0 Å². The molecule has 98 valence electrons. The predicted molar refractivity (Wildman–Crippen MR) is 65.5 cm³/mol. The normalized spacial score (nSPS) is 24.6. The van der Waals surface area contributed by atoms with Crippen LogP contribution in [-0.2, 0) is 9.59 Å². The average Bonchev–Trinajstić information content (AvgIpc) is 2.28. The van der Waals surface area contributed by atoms with E-state index in [4.69, 9.17) is 5.11 Å². The molecule has 2 N–H and O–H groups in total. The fraction of sp³-hybridized carbons (Fsp3) is 0.846. The Morgan fingerprint density at radius 1 is 1.18 bits per heavy atom. The van der Waals surface area contributed by atoms with Crippen LogP contribution in [0.5, 0.6) is 0 Å². The molecular weight excluding hydrogens is 218 g/mol. The Hall–Kier alpha value is -1.06. The molecule has 0 aromatic carbocycles. The molecule has 1 aliphatic carbocycles. The molecule has 1 amide bonds. The van der Waals surface area contributed by atoms with Crippen molar-refractivity contribution in [2.45, 2.75) is 46.0 Å². The highest BCUT2D eigenvalue weighted by Crippen LogP contribution is 2.28. The van der Waals surface area contributed by atoms with Crippen molar-refractivity contribution in [2.75, 3.05) is 6.54 Å². The third-order valence-corrected chi connectivity index (χ3v) is 3.47. The Kier molecular flexibility index (Phi) is 5.45. The quantitative estimate of drug-likeness (QED) is 0.774. The number of carbonyl (C=O) groups excluding carboxylic acids is 1. The molecule has 0 aromatic heterocycles. The first-order valence-electron chi connectivity index (χ1n) is 6.51. The van der Waals surface area contributed by atoms with Gasteiger partial charge in [0, 0.05) is 12.5 Å². The molecule has 0 bridgehead atoms. The van der Waals surface area contributed by atoms with E-state index in [1.54, 1.807) is 0 Å². The molecular formula is C13H23NO3. The highest BCUT2D eigenvalue weighted by atomic mass is 16.4. The molecule has 1 rings (SSSR count). The summed E-state index contributed by atoms with van der Waals surface area (Å²) in [7, 11) is 0. The van der Waals surface area contributed by atoms with E-state index >= 15 is 0 Å². The summed E-state index contributed by atoms with van der Waals surface area (Å²) in [4.78, 5) is 22.6. The van der Waals surface area contributed by atoms with Gasteiger partial charge in [0.2, 0.25) is 5.91 Å². The lowest BCUT2D eigenvalue weighted by Crippen LogP contribution is -2.35. The van der Waals surface area contributed by atoms with Crippen LogP contribution in [0.3, 0.4) is 0 Å². The second kappa shape index (κ2) is 6.62. The fourth-order valence-electron chi connectivity index (χ4n) is 2.23. The van der Waals surface area contributed by atoms with E-state index in [2.05, 4.69) is 19.2 Å². The van der Waals surface area contributed by atoms with E-state index in [9.17, 15) is 9.59 Å². The Labute approximate surface area is 103 Å². The number of hydrogen-bond acceptors (Lipinski definition) is 2. The van der Waals surface area contributed by atoms with Crippen LogP contribution in [-0.4, -0.2) is 23.5 Å². The van der Waals surface area contributed by atoms with Crippen molar-refractivity contribution in [3.8, 4) is 0 Å². The lowest BCUT2D eigenvalue weighted by Gasteiger charge is -2.25. The maximum atomic E-state index is 11.8. The standard InChI is InChI=1S/C13H23NO3/c1-9(2)7-8-14-12(15)10-3-5-11(6-4-10)13(16)17/h9-11H,3-8H2,1-2H3,(H,14,15)(H,16,17). The molecule has 0 aliphatic heterocycles. The number of amides is 1. The lowest BCUT2D eigenvalue weighted by atomic mass is 9.81. The SMILES string of the molecule is CC(C)CCNC(=O)C1CCC(C(=O)O)CC1. The van der Waals surface area contributed by atoms with Crippen LogP contribution in [0, 0.1) is 17.8 Å². The monoisotopic (exact) mass is 241 g/mol. The van der Waals surface area contributed by atoms with Crippen molar-refractivity contribution < 1.29 is 14.7 Å². The van der Waals surface area contributed by atoms with E-state index in [1.165, 1.54) is 0 Å². The zero-order chi connectivity index (χ0) is 12.8. The van der Waals surface area contributed by atoms with Gasteiger partial charge >= 0.3 is 5.97 Å². The Morgan fingerprint density at radius 3 is 2.18 bits per heavy atom. The van der Waals surface area contributed by atoms with Crippen LogP contribution < -0.4 is 5.32 Å². The summed E-state index contributed by atoms with van der Waals surface area (Å²) in [6, 6.07) is 0.